The predicted octanol–water partition coefficient (Wildman–Crippen LogP) is -0.488. The molecule has 0 fully saturated rings. The molecule has 0 aliphatic heterocycles. The van der Waals surface area contributed by atoms with E-state index in [2.05, 4.69) is 9.59 Å². The van der Waals surface area contributed by atoms with Gasteiger partial charge in [-0.05, 0) is 6.92 Å². The Bertz CT molecular complexity index is 641. The second-order valence-electron chi connectivity index (χ2n) is 3.39. The summed E-state index contributed by atoms with van der Waals surface area (Å²) in [5, 5.41) is 4.20. The van der Waals surface area contributed by atoms with E-state index in [9.17, 15) is 9.59 Å². The van der Waals surface area contributed by atoms with Crippen molar-refractivity contribution < 1.29 is 0 Å². The van der Waals surface area contributed by atoms with Crippen LogP contribution in [0.25, 0.3) is 0 Å². The number of hydrogen-bond donors (Lipinski definition) is 1. The quantitative estimate of drug-likeness (QED) is 0.796. The van der Waals surface area contributed by atoms with Crippen LogP contribution in [0.15, 0.2) is 21.9 Å². The zero-order valence-corrected chi connectivity index (χ0v) is 9.98. The summed E-state index contributed by atoms with van der Waals surface area (Å²) in [4.78, 5) is 23.5. The van der Waals surface area contributed by atoms with Gasteiger partial charge in [-0.1, -0.05) is 4.49 Å². The number of anilines is 1. The van der Waals surface area contributed by atoms with E-state index in [4.69, 9.17) is 5.73 Å². The highest BCUT2D eigenvalue weighted by Gasteiger charge is 2.09. The first-order valence-electron chi connectivity index (χ1n) is 5.00. The van der Waals surface area contributed by atoms with E-state index in [0.29, 0.717) is 17.2 Å². The lowest BCUT2D eigenvalue weighted by atomic mass is 10.4. The first-order valence-corrected chi connectivity index (χ1v) is 5.77. The Labute approximate surface area is 100 Å². The van der Waals surface area contributed by atoms with E-state index >= 15 is 0 Å². The van der Waals surface area contributed by atoms with Gasteiger partial charge in [0.2, 0.25) is 0 Å². The van der Waals surface area contributed by atoms with Gasteiger partial charge in [0, 0.05) is 30.3 Å². The van der Waals surface area contributed by atoms with Gasteiger partial charge in [0.25, 0.3) is 5.56 Å². The van der Waals surface area contributed by atoms with Crippen LogP contribution in [0.1, 0.15) is 12.6 Å². The molecular formula is C9H11N5O2S. The Kier molecular flexibility index (Phi) is 3.05. The molecule has 8 heteroatoms. The molecule has 0 amide bonds. The first-order chi connectivity index (χ1) is 8.13. The van der Waals surface area contributed by atoms with E-state index < -0.39 is 0 Å². The van der Waals surface area contributed by atoms with Crippen molar-refractivity contribution in [2.45, 2.75) is 20.0 Å². The molecule has 17 heavy (non-hydrogen) atoms. The highest BCUT2D eigenvalue weighted by atomic mass is 32.1. The molecule has 2 heterocycles. The second-order valence-corrected chi connectivity index (χ2v) is 4.18. The highest BCUT2D eigenvalue weighted by Crippen LogP contribution is 2.12. The van der Waals surface area contributed by atoms with Crippen LogP contribution < -0.4 is 17.0 Å². The van der Waals surface area contributed by atoms with Crippen molar-refractivity contribution in [3.63, 3.8) is 0 Å². The van der Waals surface area contributed by atoms with Crippen LogP contribution in [0.4, 0.5) is 5.00 Å². The van der Waals surface area contributed by atoms with Gasteiger partial charge in [-0.25, -0.2) is 4.79 Å². The fourth-order valence-electron chi connectivity index (χ4n) is 1.42. The average Bonchev–Trinajstić information content (AvgIpc) is 2.70. The van der Waals surface area contributed by atoms with Crippen LogP contribution in [0.5, 0.6) is 0 Å². The number of nitrogens with zero attached hydrogens (tertiary/aromatic N) is 4. The lowest BCUT2D eigenvalue weighted by Crippen LogP contribution is -2.39. The van der Waals surface area contributed by atoms with Gasteiger partial charge in [-0.2, -0.15) is 0 Å². The molecule has 0 aromatic carbocycles. The van der Waals surface area contributed by atoms with E-state index in [1.807, 2.05) is 6.92 Å². The maximum Gasteiger partial charge on any atom is 0.331 e. The van der Waals surface area contributed by atoms with Gasteiger partial charge in [0.1, 0.15) is 10.7 Å². The van der Waals surface area contributed by atoms with Gasteiger partial charge < -0.3 is 10.3 Å². The topological polar surface area (TPSA) is 95.8 Å². The summed E-state index contributed by atoms with van der Waals surface area (Å²) >= 11 is 1.04. The maximum absolute atomic E-state index is 11.9. The van der Waals surface area contributed by atoms with E-state index in [1.165, 1.54) is 16.8 Å². The molecule has 0 bridgehead atoms. The minimum atomic E-state index is -0.368. The second kappa shape index (κ2) is 4.50. The zero-order chi connectivity index (χ0) is 12.4. The third-order valence-electron chi connectivity index (χ3n) is 2.37. The molecular weight excluding hydrogens is 242 g/mol. The van der Waals surface area contributed by atoms with E-state index in [1.54, 1.807) is 0 Å². The molecule has 2 rings (SSSR count). The molecule has 0 spiro atoms. The number of hydrogen-bond acceptors (Lipinski definition) is 6. The maximum atomic E-state index is 11.9. The van der Waals surface area contributed by atoms with Gasteiger partial charge in [0.15, 0.2) is 0 Å². The van der Waals surface area contributed by atoms with Gasteiger partial charge in [0.05, 0.1) is 6.54 Å². The predicted molar refractivity (Wildman–Crippen MR) is 64.1 cm³/mol. The molecule has 0 saturated heterocycles. The largest absolute Gasteiger partial charge is 0.388 e. The molecule has 2 aromatic heterocycles. The lowest BCUT2D eigenvalue weighted by molar-refractivity contribution is 0.594. The fourth-order valence-corrected chi connectivity index (χ4v) is 1.86. The number of aromatic nitrogens is 4. The van der Waals surface area contributed by atoms with Crippen molar-refractivity contribution >= 4 is 16.5 Å². The Balaban J connectivity index is 2.49. The molecule has 2 aromatic rings. The normalized spacial score (nSPS) is 10.6. The molecule has 7 nitrogen and oxygen atoms in total. The Morgan fingerprint density at radius 2 is 2.24 bits per heavy atom. The average molecular weight is 253 g/mol. The summed E-state index contributed by atoms with van der Waals surface area (Å²) in [5.74, 6) is 0. The fraction of sp³-hybridized carbons (Fsp3) is 0.333. The molecule has 0 aliphatic rings. The summed E-state index contributed by atoms with van der Waals surface area (Å²) in [6.07, 6.45) is 1.48. The van der Waals surface area contributed by atoms with Crippen molar-refractivity contribution in [3.8, 4) is 0 Å². The van der Waals surface area contributed by atoms with Gasteiger partial charge >= 0.3 is 5.69 Å². The highest BCUT2D eigenvalue weighted by molar-refractivity contribution is 7.09. The van der Waals surface area contributed by atoms with Crippen molar-refractivity contribution in [3.05, 3.63) is 38.8 Å². The molecule has 90 valence electrons. The molecule has 0 radical (unpaired) electrons. The first kappa shape index (κ1) is 11.5. The summed E-state index contributed by atoms with van der Waals surface area (Å²) in [6, 6.07) is 1.35. The van der Waals surface area contributed by atoms with Gasteiger partial charge in [-0.3, -0.25) is 9.36 Å². The minimum Gasteiger partial charge on any atom is -0.388 e. The number of nitrogens with two attached hydrogens (primary N) is 1. The van der Waals surface area contributed by atoms with Crippen LogP contribution in [0.2, 0.25) is 0 Å². The Morgan fingerprint density at radius 1 is 1.47 bits per heavy atom. The van der Waals surface area contributed by atoms with E-state index in [-0.39, 0.29) is 17.8 Å². The van der Waals surface area contributed by atoms with Crippen molar-refractivity contribution in [2.75, 3.05) is 5.73 Å². The zero-order valence-electron chi connectivity index (χ0n) is 9.16. The van der Waals surface area contributed by atoms with Crippen molar-refractivity contribution in [1.29, 1.82) is 0 Å². The molecule has 0 aliphatic carbocycles. The van der Waals surface area contributed by atoms with Gasteiger partial charge in [-0.15, -0.1) is 5.10 Å². The molecule has 2 N–H and O–H groups in total. The van der Waals surface area contributed by atoms with Crippen LogP contribution in [0.3, 0.4) is 0 Å². The third kappa shape index (κ3) is 2.11. The molecule has 0 unspecified atom stereocenters. The van der Waals surface area contributed by atoms with Crippen LogP contribution in [-0.2, 0) is 13.1 Å². The Hall–Kier alpha value is -1.96. The SMILES string of the molecule is CCn1ccc(=O)n(Cc2nnsc2N)c1=O. The van der Waals surface area contributed by atoms with Crippen molar-refractivity contribution in [1.82, 2.24) is 18.7 Å². The van der Waals surface area contributed by atoms with Crippen LogP contribution in [-0.4, -0.2) is 18.7 Å². The minimum absolute atomic E-state index is 0.0564. The number of nitrogen functional groups attached to an aromatic ring is 1. The molecule has 0 saturated carbocycles. The summed E-state index contributed by atoms with van der Waals surface area (Å²) < 4.78 is 6.20. The van der Waals surface area contributed by atoms with Crippen molar-refractivity contribution in [2.24, 2.45) is 0 Å². The number of rotatable bonds is 3. The van der Waals surface area contributed by atoms with E-state index in [0.717, 1.165) is 16.1 Å². The Morgan fingerprint density at radius 3 is 2.82 bits per heavy atom. The third-order valence-corrected chi connectivity index (χ3v) is 2.97. The summed E-state index contributed by atoms with van der Waals surface area (Å²) in [6.45, 7) is 2.39. The standard InChI is InChI=1S/C9H11N5O2S/c1-2-13-4-3-7(15)14(9(13)16)5-6-8(10)17-12-11-6/h3-4H,2,5,10H2,1H3. The summed E-state index contributed by atoms with van der Waals surface area (Å²) in [5.41, 5.74) is 5.34. The molecule has 0 atom stereocenters. The monoisotopic (exact) mass is 253 g/mol. The number of aryl methyl sites for hydroxylation is 1. The van der Waals surface area contributed by atoms with Crippen LogP contribution in [0, 0.1) is 0 Å². The smallest absolute Gasteiger partial charge is 0.331 e. The van der Waals surface area contributed by atoms with Crippen LogP contribution >= 0.6 is 11.5 Å². The summed E-state index contributed by atoms with van der Waals surface area (Å²) in [7, 11) is 0. The lowest BCUT2D eigenvalue weighted by Gasteiger charge is -2.06.